The first-order valence-corrected chi connectivity index (χ1v) is 2.82. The van der Waals surface area contributed by atoms with Gasteiger partial charge in [-0.25, -0.2) is 0 Å². The van der Waals surface area contributed by atoms with Gasteiger partial charge in [0, 0.05) is 11.2 Å². The third-order valence-electron chi connectivity index (χ3n) is 0.759. The predicted octanol–water partition coefficient (Wildman–Crippen LogP) is 0.890. The van der Waals surface area contributed by atoms with Crippen molar-refractivity contribution in [2.75, 3.05) is 0 Å². The molecule has 0 rings (SSSR count). The summed E-state index contributed by atoms with van der Waals surface area (Å²) in [4.78, 5) is 9.89. The van der Waals surface area contributed by atoms with Crippen LogP contribution in [0.25, 0.3) is 0 Å². The fourth-order valence-electron chi connectivity index (χ4n) is 0.310. The molecular formula is C5H8ClNO2. The molecule has 0 radical (unpaired) electrons. The summed E-state index contributed by atoms with van der Waals surface area (Å²) < 4.78 is 0. The topological polar surface area (TPSA) is 63.3 Å². The molecule has 0 bridgehead atoms. The molecule has 3 N–H and O–H groups in total. The molecule has 0 amide bonds. The lowest BCUT2D eigenvalue weighted by molar-refractivity contribution is -0.136. The van der Waals surface area contributed by atoms with Gasteiger partial charge in [0.05, 0.1) is 6.42 Å². The van der Waals surface area contributed by atoms with Gasteiger partial charge in [0.2, 0.25) is 0 Å². The summed E-state index contributed by atoms with van der Waals surface area (Å²) in [6, 6.07) is 0. The number of carboxylic acids is 1. The number of rotatable bonds is 3. The smallest absolute Gasteiger partial charge is 0.303 e. The van der Waals surface area contributed by atoms with E-state index in [9.17, 15) is 4.79 Å². The van der Waals surface area contributed by atoms with E-state index in [1.54, 1.807) is 0 Å². The van der Waals surface area contributed by atoms with Gasteiger partial charge in [0.15, 0.2) is 0 Å². The zero-order valence-corrected chi connectivity index (χ0v) is 5.56. The molecule has 3 nitrogen and oxygen atoms in total. The summed E-state index contributed by atoms with van der Waals surface area (Å²) in [7, 11) is 0. The molecule has 0 unspecified atom stereocenters. The van der Waals surface area contributed by atoms with Gasteiger partial charge >= 0.3 is 5.97 Å². The standard InChI is InChI=1S/C5H8ClNO2/c6-4(3-7)1-2-5(8)9/h3H,1-2,7H2,(H,8,9). The highest BCUT2D eigenvalue weighted by molar-refractivity contribution is 6.29. The number of allylic oxidation sites excluding steroid dienone is 1. The Bertz CT molecular complexity index is 133. The van der Waals surface area contributed by atoms with E-state index in [4.69, 9.17) is 22.4 Å². The van der Waals surface area contributed by atoms with Gasteiger partial charge in [0.1, 0.15) is 0 Å². The van der Waals surface area contributed by atoms with Gasteiger partial charge in [-0.1, -0.05) is 11.6 Å². The number of aliphatic carboxylic acids is 1. The average Bonchev–Trinajstić information content (AvgIpc) is 1.83. The quantitative estimate of drug-likeness (QED) is 0.627. The van der Waals surface area contributed by atoms with Crippen LogP contribution in [0.4, 0.5) is 0 Å². The second kappa shape index (κ2) is 4.21. The third kappa shape index (κ3) is 5.17. The Morgan fingerprint density at radius 3 is 2.56 bits per heavy atom. The van der Waals surface area contributed by atoms with Crippen LogP contribution in [0, 0.1) is 0 Å². The molecule has 52 valence electrons. The maximum absolute atomic E-state index is 9.89. The Morgan fingerprint density at radius 1 is 1.67 bits per heavy atom. The summed E-state index contributed by atoms with van der Waals surface area (Å²) in [6.45, 7) is 0. The number of nitrogens with two attached hydrogens (primary N) is 1. The lowest BCUT2D eigenvalue weighted by atomic mass is 10.3. The highest BCUT2D eigenvalue weighted by atomic mass is 35.5. The van der Waals surface area contributed by atoms with Crippen LogP contribution in [0.15, 0.2) is 11.2 Å². The van der Waals surface area contributed by atoms with Crippen molar-refractivity contribution < 1.29 is 9.90 Å². The second-order valence-electron chi connectivity index (χ2n) is 1.51. The lowest BCUT2D eigenvalue weighted by Gasteiger charge is -1.90. The Hall–Kier alpha value is -0.700. The van der Waals surface area contributed by atoms with E-state index in [0.717, 1.165) is 0 Å². The van der Waals surface area contributed by atoms with Crippen LogP contribution in [0.5, 0.6) is 0 Å². The molecule has 0 spiro atoms. The van der Waals surface area contributed by atoms with Crippen LogP contribution in [0.1, 0.15) is 12.8 Å². The van der Waals surface area contributed by atoms with Crippen molar-refractivity contribution in [3.8, 4) is 0 Å². The maximum Gasteiger partial charge on any atom is 0.303 e. The fraction of sp³-hybridized carbons (Fsp3) is 0.400. The number of carbonyl (C=O) groups is 1. The number of halogens is 1. The van der Waals surface area contributed by atoms with Crippen LogP contribution < -0.4 is 5.73 Å². The Balaban J connectivity index is 3.39. The van der Waals surface area contributed by atoms with Gasteiger partial charge in [-0.2, -0.15) is 0 Å². The minimum absolute atomic E-state index is 0.0343. The SMILES string of the molecule is NC=C(Cl)CCC(=O)O. The molecule has 0 saturated carbocycles. The van der Waals surface area contributed by atoms with Crippen LogP contribution in [0.3, 0.4) is 0 Å². The van der Waals surface area contributed by atoms with E-state index in [1.165, 1.54) is 6.20 Å². The number of carboxylic acid groups (broad SMARTS) is 1. The molecule has 0 aromatic heterocycles. The van der Waals surface area contributed by atoms with Gasteiger partial charge < -0.3 is 10.8 Å². The molecule has 0 aromatic carbocycles. The summed E-state index contributed by atoms with van der Waals surface area (Å²) in [6.07, 6.45) is 1.55. The molecule has 0 fully saturated rings. The predicted molar refractivity (Wildman–Crippen MR) is 35.0 cm³/mol. The first-order valence-electron chi connectivity index (χ1n) is 2.45. The van der Waals surface area contributed by atoms with Gasteiger partial charge in [-0.05, 0) is 6.42 Å². The van der Waals surface area contributed by atoms with E-state index in [-0.39, 0.29) is 6.42 Å². The van der Waals surface area contributed by atoms with E-state index in [2.05, 4.69) is 0 Å². The van der Waals surface area contributed by atoms with E-state index < -0.39 is 5.97 Å². The summed E-state index contributed by atoms with van der Waals surface area (Å²) in [5.41, 5.74) is 4.97. The van der Waals surface area contributed by atoms with Crippen LogP contribution in [0.2, 0.25) is 0 Å². The van der Waals surface area contributed by atoms with Crippen molar-refractivity contribution >= 4 is 17.6 Å². The maximum atomic E-state index is 9.89. The molecule has 0 aliphatic heterocycles. The van der Waals surface area contributed by atoms with E-state index >= 15 is 0 Å². The number of hydrogen-bond donors (Lipinski definition) is 2. The highest BCUT2D eigenvalue weighted by Gasteiger charge is 1.97. The zero-order chi connectivity index (χ0) is 7.28. The van der Waals surface area contributed by atoms with Gasteiger partial charge in [0.25, 0.3) is 0 Å². The largest absolute Gasteiger partial charge is 0.481 e. The average molecular weight is 150 g/mol. The minimum Gasteiger partial charge on any atom is -0.481 e. The van der Waals surface area contributed by atoms with Crippen LogP contribution >= 0.6 is 11.6 Å². The molecule has 0 saturated heterocycles. The van der Waals surface area contributed by atoms with Crippen molar-refractivity contribution in [3.05, 3.63) is 11.2 Å². The Labute approximate surface area is 58.1 Å². The monoisotopic (exact) mass is 149 g/mol. The van der Waals surface area contributed by atoms with Crippen LogP contribution in [-0.4, -0.2) is 11.1 Å². The lowest BCUT2D eigenvalue weighted by Crippen LogP contribution is -1.94. The second-order valence-corrected chi connectivity index (χ2v) is 1.99. The van der Waals surface area contributed by atoms with Crippen molar-refractivity contribution in [1.82, 2.24) is 0 Å². The zero-order valence-electron chi connectivity index (χ0n) is 4.80. The highest BCUT2D eigenvalue weighted by Crippen LogP contribution is 2.06. The van der Waals surface area contributed by atoms with Crippen LogP contribution in [-0.2, 0) is 4.79 Å². The van der Waals surface area contributed by atoms with Crippen molar-refractivity contribution in [3.63, 3.8) is 0 Å². The Kier molecular flexibility index (Phi) is 3.88. The molecule has 0 aliphatic carbocycles. The molecule has 0 aromatic rings. The minimum atomic E-state index is -0.866. The summed E-state index contributed by atoms with van der Waals surface area (Å²) >= 11 is 5.38. The van der Waals surface area contributed by atoms with E-state index in [0.29, 0.717) is 11.5 Å². The Morgan fingerprint density at radius 2 is 2.22 bits per heavy atom. The summed E-state index contributed by atoms with van der Waals surface area (Å²) in [5.74, 6) is -0.866. The van der Waals surface area contributed by atoms with Crippen molar-refractivity contribution in [2.24, 2.45) is 5.73 Å². The molecule has 0 heterocycles. The van der Waals surface area contributed by atoms with Crippen molar-refractivity contribution in [1.29, 1.82) is 0 Å². The first kappa shape index (κ1) is 8.30. The summed E-state index contributed by atoms with van der Waals surface area (Å²) in [5, 5.41) is 8.52. The molecule has 0 atom stereocenters. The first-order chi connectivity index (χ1) is 4.16. The van der Waals surface area contributed by atoms with Gasteiger partial charge in [-0.3, -0.25) is 4.79 Å². The van der Waals surface area contributed by atoms with E-state index in [1.807, 2.05) is 0 Å². The molecule has 9 heavy (non-hydrogen) atoms. The molecule has 0 aliphatic rings. The number of hydrogen-bond acceptors (Lipinski definition) is 2. The third-order valence-corrected chi connectivity index (χ3v) is 1.07. The van der Waals surface area contributed by atoms with Gasteiger partial charge in [-0.15, -0.1) is 0 Å². The van der Waals surface area contributed by atoms with Crippen molar-refractivity contribution in [2.45, 2.75) is 12.8 Å². The molecular weight excluding hydrogens is 142 g/mol. The molecule has 4 heteroatoms. The fourth-order valence-corrected chi connectivity index (χ4v) is 0.404. The normalized spacial score (nSPS) is 11.4.